The van der Waals surface area contributed by atoms with Crippen molar-refractivity contribution in [3.05, 3.63) is 0 Å². The maximum Gasteiger partial charge on any atom is 0.0959 e. The van der Waals surface area contributed by atoms with Gasteiger partial charge in [0.1, 0.15) is 0 Å². The minimum Gasteiger partial charge on any atom is -0.377 e. The number of fused-ring (bicyclic) bond motifs is 2. The first-order valence-corrected chi connectivity index (χ1v) is 7.74. The first kappa shape index (κ1) is 12.4. The number of rotatable bonds is 2. The van der Waals surface area contributed by atoms with E-state index in [2.05, 4.69) is 36.7 Å². The zero-order valence-electron chi connectivity index (χ0n) is 11.0. The SMILES string of the molecule is CC1(C)C2CCC1(C)C(OC1COCC1Br)C2. The van der Waals surface area contributed by atoms with E-state index in [1.807, 2.05) is 0 Å². The Morgan fingerprint density at radius 1 is 1.24 bits per heavy atom. The van der Waals surface area contributed by atoms with Gasteiger partial charge in [0.15, 0.2) is 0 Å². The molecule has 1 saturated heterocycles. The van der Waals surface area contributed by atoms with Gasteiger partial charge < -0.3 is 9.47 Å². The molecule has 0 radical (unpaired) electrons. The van der Waals surface area contributed by atoms with E-state index < -0.39 is 0 Å². The summed E-state index contributed by atoms with van der Waals surface area (Å²) >= 11 is 3.66. The van der Waals surface area contributed by atoms with E-state index >= 15 is 0 Å². The number of hydrogen-bond donors (Lipinski definition) is 0. The zero-order chi connectivity index (χ0) is 12.3. The van der Waals surface area contributed by atoms with Crippen LogP contribution in [0.1, 0.15) is 40.0 Å². The summed E-state index contributed by atoms with van der Waals surface area (Å²) in [6.45, 7) is 8.85. The minimum absolute atomic E-state index is 0.256. The van der Waals surface area contributed by atoms with Crippen LogP contribution in [0.3, 0.4) is 0 Å². The third-order valence-corrected chi connectivity index (χ3v) is 6.87. The lowest BCUT2D eigenvalue weighted by molar-refractivity contribution is -0.0847. The third kappa shape index (κ3) is 1.65. The number of hydrogen-bond acceptors (Lipinski definition) is 2. The van der Waals surface area contributed by atoms with Crippen LogP contribution in [0.2, 0.25) is 0 Å². The van der Waals surface area contributed by atoms with Gasteiger partial charge >= 0.3 is 0 Å². The molecule has 0 spiro atoms. The summed E-state index contributed by atoms with van der Waals surface area (Å²) < 4.78 is 11.9. The normalized spacial score (nSPS) is 52.2. The van der Waals surface area contributed by atoms with Gasteiger partial charge in [0.05, 0.1) is 30.2 Å². The summed E-state index contributed by atoms with van der Waals surface area (Å²) in [7, 11) is 0. The molecule has 3 fully saturated rings. The topological polar surface area (TPSA) is 18.5 Å². The van der Waals surface area contributed by atoms with Crippen LogP contribution in [0.4, 0.5) is 0 Å². The van der Waals surface area contributed by atoms with Gasteiger partial charge in [0.2, 0.25) is 0 Å². The van der Waals surface area contributed by atoms with E-state index in [4.69, 9.17) is 9.47 Å². The maximum atomic E-state index is 6.39. The Balaban J connectivity index is 1.74. The predicted molar refractivity (Wildman–Crippen MR) is 71.4 cm³/mol. The highest BCUT2D eigenvalue weighted by Crippen LogP contribution is 2.66. The predicted octanol–water partition coefficient (Wildman–Crippen LogP) is 3.38. The number of ether oxygens (including phenoxy) is 2. The molecule has 3 aliphatic rings. The van der Waals surface area contributed by atoms with Crippen molar-refractivity contribution >= 4 is 15.9 Å². The van der Waals surface area contributed by atoms with Crippen molar-refractivity contribution in [2.45, 2.75) is 57.1 Å². The summed E-state index contributed by atoms with van der Waals surface area (Å²) in [5.74, 6) is 0.855. The molecule has 3 rings (SSSR count). The molecule has 1 aliphatic heterocycles. The molecular formula is C14H23BrO2. The molecule has 2 aliphatic carbocycles. The van der Waals surface area contributed by atoms with Gasteiger partial charge in [-0.3, -0.25) is 0 Å². The minimum atomic E-state index is 0.256. The Morgan fingerprint density at radius 3 is 2.47 bits per heavy atom. The van der Waals surface area contributed by atoms with Crippen molar-refractivity contribution in [1.82, 2.24) is 0 Å². The molecule has 0 amide bonds. The third-order valence-electron chi connectivity index (χ3n) is 6.02. The highest BCUT2D eigenvalue weighted by Gasteiger charge is 2.62. The van der Waals surface area contributed by atoms with Crippen molar-refractivity contribution in [1.29, 1.82) is 0 Å². The fraction of sp³-hybridized carbons (Fsp3) is 1.00. The lowest BCUT2D eigenvalue weighted by Gasteiger charge is -2.40. The molecular weight excluding hydrogens is 280 g/mol. The van der Waals surface area contributed by atoms with E-state index in [1.165, 1.54) is 19.3 Å². The second-order valence-electron chi connectivity index (χ2n) is 6.83. The molecule has 0 aromatic rings. The van der Waals surface area contributed by atoms with Crippen molar-refractivity contribution in [2.24, 2.45) is 16.7 Å². The molecule has 2 nitrogen and oxygen atoms in total. The van der Waals surface area contributed by atoms with E-state index in [-0.39, 0.29) is 6.10 Å². The summed E-state index contributed by atoms with van der Waals surface area (Å²) in [6.07, 6.45) is 4.66. The Kier molecular flexibility index (Phi) is 2.89. The van der Waals surface area contributed by atoms with E-state index in [0.717, 1.165) is 19.1 Å². The maximum absolute atomic E-state index is 6.39. The summed E-state index contributed by atoms with van der Waals surface area (Å²) in [5.41, 5.74) is 0.811. The van der Waals surface area contributed by atoms with E-state index in [9.17, 15) is 0 Å². The molecule has 0 N–H and O–H groups in total. The van der Waals surface area contributed by atoms with Crippen LogP contribution >= 0.6 is 15.9 Å². The fourth-order valence-corrected chi connectivity index (χ4v) is 4.64. The fourth-order valence-electron chi connectivity index (χ4n) is 4.18. The van der Waals surface area contributed by atoms with Crippen molar-refractivity contribution in [3.8, 4) is 0 Å². The van der Waals surface area contributed by atoms with Crippen LogP contribution in [-0.4, -0.2) is 30.2 Å². The highest BCUT2D eigenvalue weighted by atomic mass is 79.9. The van der Waals surface area contributed by atoms with Crippen molar-refractivity contribution < 1.29 is 9.47 Å². The van der Waals surface area contributed by atoms with Crippen LogP contribution in [0, 0.1) is 16.7 Å². The number of alkyl halides is 1. The molecule has 98 valence electrons. The van der Waals surface area contributed by atoms with Gasteiger partial charge in [-0.2, -0.15) is 0 Å². The summed E-state index contributed by atoms with van der Waals surface area (Å²) in [4.78, 5) is 0.383. The van der Waals surface area contributed by atoms with Crippen LogP contribution in [0.25, 0.3) is 0 Å². The molecule has 2 saturated carbocycles. The largest absolute Gasteiger partial charge is 0.377 e. The van der Waals surface area contributed by atoms with Gasteiger partial charge in [-0.1, -0.05) is 36.7 Å². The lowest BCUT2D eigenvalue weighted by Crippen LogP contribution is -2.40. The smallest absolute Gasteiger partial charge is 0.0959 e. The monoisotopic (exact) mass is 302 g/mol. The molecule has 0 aromatic carbocycles. The first-order valence-electron chi connectivity index (χ1n) is 6.82. The second kappa shape index (κ2) is 3.94. The zero-order valence-corrected chi connectivity index (χ0v) is 12.6. The molecule has 2 bridgehead atoms. The van der Waals surface area contributed by atoms with Gasteiger partial charge in [0, 0.05) is 0 Å². The quantitative estimate of drug-likeness (QED) is 0.728. The molecule has 1 heterocycles. The van der Waals surface area contributed by atoms with E-state index in [1.54, 1.807) is 0 Å². The Bertz CT molecular complexity index is 317. The summed E-state index contributed by atoms with van der Waals surface area (Å²) in [6, 6.07) is 0. The van der Waals surface area contributed by atoms with Crippen LogP contribution in [-0.2, 0) is 9.47 Å². The molecule has 3 heteroatoms. The molecule has 0 aromatic heterocycles. The van der Waals surface area contributed by atoms with Crippen LogP contribution in [0.15, 0.2) is 0 Å². The van der Waals surface area contributed by atoms with Gasteiger partial charge in [-0.15, -0.1) is 0 Å². The Hall–Kier alpha value is 0.400. The Labute approximate surface area is 113 Å². The Morgan fingerprint density at radius 2 is 2.00 bits per heavy atom. The average molecular weight is 303 g/mol. The molecule has 5 atom stereocenters. The molecule has 17 heavy (non-hydrogen) atoms. The van der Waals surface area contributed by atoms with Crippen molar-refractivity contribution in [3.63, 3.8) is 0 Å². The van der Waals surface area contributed by atoms with Crippen LogP contribution < -0.4 is 0 Å². The van der Waals surface area contributed by atoms with E-state index in [0.29, 0.717) is 21.8 Å². The van der Waals surface area contributed by atoms with Gasteiger partial charge in [-0.05, 0) is 36.0 Å². The van der Waals surface area contributed by atoms with Gasteiger partial charge in [-0.25, -0.2) is 0 Å². The second-order valence-corrected chi connectivity index (χ2v) is 8.00. The average Bonchev–Trinajstić information content (AvgIpc) is 2.81. The number of halogens is 1. The van der Waals surface area contributed by atoms with Crippen LogP contribution in [0.5, 0.6) is 0 Å². The van der Waals surface area contributed by atoms with Crippen molar-refractivity contribution in [2.75, 3.05) is 13.2 Å². The summed E-state index contributed by atoms with van der Waals surface area (Å²) in [5, 5.41) is 0. The lowest BCUT2D eigenvalue weighted by atomic mass is 9.70. The molecule has 5 unspecified atom stereocenters. The highest BCUT2D eigenvalue weighted by molar-refractivity contribution is 9.09. The van der Waals surface area contributed by atoms with Gasteiger partial charge in [0.25, 0.3) is 0 Å². The first-order chi connectivity index (χ1) is 7.95. The standard InChI is InChI=1S/C14H23BrO2/c1-13(2)9-4-5-14(13,3)12(6-9)17-11-8-16-7-10(11)15/h9-12H,4-8H2,1-3H3.